The molecule has 3 N–H and O–H groups in total. The van der Waals surface area contributed by atoms with Crippen molar-refractivity contribution < 1.29 is 9.32 Å². The summed E-state index contributed by atoms with van der Waals surface area (Å²) in [5.41, 5.74) is 6.57. The molecule has 23 heavy (non-hydrogen) atoms. The Hall–Kier alpha value is -1.63. The lowest BCUT2D eigenvalue weighted by Crippen LogP contribution is -2.44. The number of halogens is 2. The Bertz CT molecular complexity index is 643. The first kappa shape index (κ1) is 19.4. The van der Waals surface area contributed by atoms with Gasteiger partial charge in [0, 0.05) is 10.6 Å². The third kappa shape index (κ3) is 4.92. The molecule has 0 radical (unpaired) electrons. The zero-order chi connectivity index (χ0) is 16.3. The molecule has 0 saturated carbocycles. The van der Waals surface area contributed by atoms with Gasteiger partial charge in [-0.15, -0.1) is 12.4 Å². The maximum Gasteiger partial charge on any atom is 0.257 e. The minimum Gasteiger partial charge on any atom is -0.345 e. The Balaban J connectivity index is 0.00000264. The van der Waals surface area contributed by atoms with Gasteiger partial charge in [0.2, 0.25) is 5.91 Å². The predicted molar refractivity (Wildman–Crippen MR) is 91.4 cm³/mol. The molecule has 0 aliphatic rings. The third-order valence-electron chi connectivity index (χ3n) is 3.30. The Morgan fingerprint density at radius 2 is 1.87 bits per heavy atom. The van der Waals surface area contributed by atoms with E-state index in [1.54, 1.807) is 31.2 Å². The molecule has 2 rings (SSSR count). The SMILES string of the molecule is CC(NC(=O)C(N)C(C)C)c1noc(-c2ccc(Cl)cc2)n1.Cl. The van der Waals surface area contributed by atoms with Crippen LogP contribution in [0.5, 0.6) is 0 Å². The lowest BCUT2D eigenvalue weighted by molar-refractivity contribution is -0.123. The van der Waals surface area contributed by atoms with Crippen LogP contribution in [0.2, 0.25) is 5.02 Å². The molecule has 0 aliphatic carbocycles. The molecule has 2 unspecified atom stereocenters. The fourth-order valence-corrected chi connectivity index (χ4v) is 1.92. The van der Waals surface area contributed by atoms with Crippen LogP contribution < -0.4 is 11.1 Å². The highest BCUT2D eigenvalue weighted by Gasteiger charge is 2.22. The van der Waals surface area contributed by atoms with Gasteiger partial charge in [0.15, 0.2) is 5.82 Å². The number of amides is 1. The molecule has 0 spiro atoms. The smallest absolute Gasteiger partial charge is 0.257 e. The highest BCUT2D eigenvalue weighted by molar-refractivity contribution is 6.30. The first-order valence-electron chi connectivity index (χ1n) is 7.04. The number of hydrogen-bond donors (Lipinski definition) is 2. The number of aromatic nitrogens is 2. The summed E-state index contributed by atoms with van der Waals surface area (Å²) < 4.78 is 5.21. The standard InChI is InChI=1S/C15H19ClN4O2.ClH/c1-8(2)12(17)14(21)18-9(3)13-19-15(22-20-13)10-4-6-11(16)7-5-10;/h4-9,12H,17H2,1-3H3,(H,18,21);1H. The fourth-order valence-electron chi connectivity index (χ4n) is 1.80. The summed E-state index contributed by atoms with van der Waals surface area (Å²) in [6, 6.07) is 6.11. The van der Waals surface area contributed by atoms with Crippen LogP contribution in [-0.4, -0.2) is 22.1 Å². The maximum atomic E-state index is 11.9. The zero-order valence-corrected chi connectivity index (χ0v) is 14.7. The van der Waals surface area contributed by atoms with E-state index in [1.165, 1.54) is 0 Å². The van der Waals surface area contributed by atoms with Crippen molar-refractivity contribution in [3.63, 3.8) is 0 Å². The van der Waals surface area contributed by atoms with E-state index in [1.807, 2.05) is 13.8 Å². The quantitative estimate of drug-likeness (QED) is 0.856. The van der Waals surface area contributed by atoms with Crippen LogP contribution in [0.4, 0.5) is 0 Å². The highest BCUT2D eigenvalue weighted by atomic mass is 35.5. The highest BCUT2D eigenvalue weighted by Crippen LogP contribution is 2.21. The van der Waals surface area contributed by atoms with Crippen LogP contribution in [-0.2, 0) is 4.79 Å². The lowest BCUT2D eigenvalue weighted by atomic mass is 10.0. The first-order valence-corrected chi connectivity index (χ1v) is 7.41. The van der Waals surface area contributed by atoms with E-state index in [9.17, 15) is 4.79 Å². The summed E-state index contributed by atoms with van der Waals surface area (Å²) >= 11 is 5.84. The van der Waals surface area contributed by atoms with Gasteiger partial charge in [0.1, 0.15) is 0 Å². The number of nitrogens with one attached hydrogen (secondary N) is 1. The average molecular weight is 359 g/mol. The van der Waals surface area contributed by atoms with Crippen molar-refractivity contribution in [3.8, 4) is 11.5 Å². The van der Waals surface area contributed by atoms with Gasteiger partial charge in [-0.25, -0.2) is 0 Å². The van der Waals surface area contributed by atoms with Gasteiger partial charge in [0.25, 0.3) is 5.89 Å². The van der Waals surface area contributed by atoms with E-state index in [0.29, 0.717) is 16.7 Å². The Morgan fingerprint density at radius 1 is 1.26 bits per heavy atom. The molecule has 0 fully saturated rings. The Kier molecular flexibility index (Phi) is 7.00. The molecule has 0 bridgehead atoms. The molecule has 0 saturated heterocycles. The van der Waals surface area contributed by atoms with Gasteiger partial charge in [-0.05, 0) is 37.1 Å². The van der Waals surface area contributed by atoms with Crippen molar-refractivity contribution in [1.82, 2.24) is 15.5 Å². The van der Waals surface area contributed by atoms with Crippen molar-refractivity contribution in [2.45, 2.75) is 32.9 Å². The van der Waals surface area contributed by atoms with Crippen LogP contribution in [0.15, 0.2) is 28.8 Å². The van der Waals surface area contributed by atoms with Crippen LogP contribution in [0.25, 0.3) is 11.5 Å². The fraction of sp³-hybridized carbons (Fsp3) is 0.400. The second kappa shape index (κ2) is 8.29. The van der Waals surface area contributed by atoms with Crippen LogP contribution >= 0.6 is 24.0 Å². The third-order valence-corrected chi connectivity index (χ3v) is 3.55. The number of hydrogen-bond acceptors (Lipinski definition) is 5. The molecule has 126 valence electrons. The molecule has 2 aromatic rings. The van der Waals surface area contributed by atoms with E-state index in [2.05, 4.69) is 15.5 Å². The summed E-state index contributed by atoms with van der Waals surface area (Å²) in [7, 11) is 0. The van der Waals surface area contributed by atoms with E-state index < -0.39 is 6.04 Å². The zero-order valence-electron chi connectivity index (χ0n) is 13.1. The molecule has 1 amide bonds. The minimum atomic E-state index is -0.565. The van der Waals surface area contributed by atoms with Crippen molar-refractivity contribution in [2.24, 2.45) is 11.7 Å². The van der Waals surface area contributed by atoms with Crippen molar-refractivity contribution in [3.05, 3.63) is 35.1 Å². The Morgan fingerprint density at radius 3 is 2.43 bits per heavy atom. The normalized spacial score (nSPS) is 13.3. The number of carbonyl (C=O) groups is 1. The van der Waals surface area contributed by atoms with Gasteiger partial charge in [0.05, 0.1) is 12.1 Å². The Labute approximate surface area is 146 Å². The number of carbonyl (C=O) groups excluding carboxylic acids is 1. The van der Waals surface area contributed by atoms with Crippen LogP contribution in [0.3, 0.4) is 0 Å². The number of benzene rings is 1. The van der Waals surface area contributed by atoms with Crippen molar-refractivity contribution >= 4 is 29.9 Å². The topological polar surface area (TPSA) is 94.0 Å². The summed E-state index contributed by atoms with van der Waals surface area (Å²) in [5, 5.41) is 7.31. The molecule has 8 heteroatoms. The molecule has 0 aliphatic heterocycles. The summed E-state index contributed by atoms with van der Waals surface area (Å²) in [6.07, 6.45) is 0. The van der Waals surface area contributed by atoms with Gasteiger partial charge < -0.3 is 15.6 Å². The van der Waals surface area contributed by atoms with E-state index in [4.69, 9.17) is 21.9 Å². The molecule has 1 heterocycles. The maximum absolute atomic E-state index is 11.9. The first-order chi connectivity index (χ1) is 10.4. The van der Waals surface area contributed by atoms with Gasteiger partial charge in [-0.3, -0.25) is 4.79 Å². The van der Waals surface area contributed by atoms with Crippen LogP contribution in [0.1, 0.15) is 32.6 Å². The molecular formula is C15H20Cl2N4O2. The number of rotatable bonds is 5. The molecule has 1 aromatic heterocycles. The van der Waals surface area contributed by atoms with Crippen LogP contribution in [0, 0.1) is 5.92 Å². The monoisotopic (exact) mass is 358 g/mol. The summed E-state index contributed by atoms with van der Waals surface area (Å²) in [4.78, 5) is 16.2. The van der Waals surface area contributed by atoms with Crippen molar-refractivity contribution in [2.75, 3.05) is 0 Å². The van der Waals surface area contributed by atoms with Gasteiger partial charge >= 0.3 is 0 Å². The van der Waals surface area contributed by atoms with Gasteiger partial charge in [-0.2, -0.15) is 4.98 Å². The molecular weight excluding hydrogens is 339 g/mol. The average Bonchev–Trinajstić information content (AvgIpc) is 2.96. The summed E-state index contributed by atoms with van der Waals surface area (Å²) in [5.74, 6) is 0.595. The van der Waals surface area contributed by atoms with Gasteiger partial charge in [-0.1, -0.05) is 30.6 Å². The molecule has 2 atom stereocenters. The van der Waals surface area contributed by atoms with E-state index >= 15 is 0 Å². The second-order valence-corrected chi connectivity index (χ2v) is 5.90. The number of nitrogens with two attached hydrogens (primary N) is 1. The minimum absolute atomic E-state index is 0. The van der Waals surface area contributed by atoms with E-state index in [-0.39, 0.29) is 30.3 Å². The molecule has 1 aromatic carbocycles. The van der Waals surface area contributed by atoms with Crippen molar-refractivity contribution in [1.29, 1.82) is 0 Å². The summed E-state index contributed by atoms with van der Waals surface area (Å²) in [6.45, 7) is 5.56. The largest absolute Gasteiger partial charge is 0.345 e. The van der Waals surface area contributed by atoms with E-state index in [0.717, 1.165) is 5.56 Å². The predicted octanol–water partition coefficient (Wildman–Crippen LogP) is 2.97. The second-order valence-electron chi connectivity index (χ2n) is 5.46. The number of nitrogens with zero attached hydrogens (tertiary/aromatic N) is 2. The molecule has 6 nitrogen and oxygen atoms in total. The lowest BCUT2D eigenvalue weighted by Gasteiger charge is -2.17.